The van der Waals surface area contributed by atoms with Crippen molar-refractivity contribution in [3.05, 3.63) is 36.0 Å². The van der Waals surface area contributed by atoms with E-state index in [1.54, 1.807) is 18.2 Å². The fourth-order valence-corrected chi connectivity index (χ4v) is 1.69. The first-order valence-electron chi connectivity index (χ1n) is 6.62. The Kier molecular flexibility index (Phi) is 5.03. The van der Waals surface area contributed by atoms with Gasteiger partial charge in [-0.15, -0.1) is 5.10 Å². The lowest BCUT2D eigenvalue weighted by atomic mass is 10.2. The van der Waals surface area contributed by atoms with Gasteiger partial charge in [0.25, 0.3) is 0 Å². The van der Waals surface area contributed by atoms with E-state index in [-0.39, 0.29) is 0 Å². The van der Waals surface area contributed by atoms with Gasteiger partial charge < -0.3 is 15.4 Å². The predicted molar refractivity (Wildman–Crippen MR) is 79.7 cm³/mol. The number of nitrogens with one attached hydrogen (secondary N) is 2. The molecule has 0 bridgehead atoms. The summed E-state index contributed by atoms with van der Waals surface area (Å²) in [5.74, 6) is 0.529. The maximum Gasteiger partial charge on any atom is 0.339 e. The molecule has 21 heavy (non-hydrogen) atoms. The van der Waals surface area contributed by atoms with Gasteiger partial charge in [-0.25, -0.2) is 4.79 Å². The Hall–Kier alpha value is -2.70. The van der Waals surface area contributed by atoms with Crippen molar-refractivity contribution in [3.8, 4) is 0 Å². The molecular weight excluding hydrogens is 270 g/mol. The molecule has 7 nitrogen and oxygen atoms in total. The Morgan fingerprint density at radius 1 is 1.33 bits per heavy atom. The third-order valence-electron chi connectivity index (χ3n) is 2.69. The monoisotopic (exact) mass is 287 g/mol. The summed E-state index contributed by atoms with van der Waals surface area (Å²) in [4.78, 5) is 16.0. The number of nitrogens with zero attached hydrogens (tertiary/aromatic N) is 3. The average molecular weight is 287 g/mol. The number of esters is 1. The summed E-state index contributed by atoms with van der Waals surface area (Å²) < 4.78 is 4.75. The molecule has 0 saturated heterocycles. The molecule has 0 aliphatic rings. The molecule has 2 N–H and O–H groups in total. The fraction of sp³-hybridized carbons (Fsp3) is 0.286. The van der Waals surface area contributed by atoms with E-state index in [0.29, 0.717) is 23.0 Å². The van der Waals surface area contributed by atoms with Gasteiger partial charge in [0.2, 0.25) is 5.95 Å². The van der Waals surface area contributed by atoms with E-state index in [9.17, 15) is 4.79 Å². The summed E-state index contributed by atoms with van der Waals surface area (Å²) in [6.45, 7) is 2.82. The smallest absolute Gasteiger partial charge is 0.339 e. The van der Waals surface area contributed by atoms with Crippen LogP contribution >= 0.6 is 0 Å². The molecule has 2 rings (SSSR count). The fourth-order valence-electron chi connectivity index (χ4n) is 1.69. The second-order valence-electron chi connectivity index (χ2n) is 4.25. The Morgan fingerprint density at radius 3 is 2.90 bits per heavy atom. The quantitative estimate of drug-likeness (QED) is 0.787. The van der Waals surface area contributed by atoms with E-state index in [1.807, 2.05) is 6.07 Å². The zero-order valence-corrected chi connectivity index (χ0v) is 12.0. The molecule has 2 aromatic rings. The van der Waals surface area contributed by atoms with Crippen molar-refractivity contribution in [1.82, 2.24) is 15.2 Å². The highest BCUT2D eigenvalue weighted by Gasteiger charge is 2.11. The molecule has 0 fully saturated rings. The number of hydrogen-bond donors (Lipinski definition) is 2. The van der Waals surface area contributed by atoms with Crippen LogP contribution in [0.5, 0.6) is 0 Å². The van der Waals surface area contributed by atoms with Gasteiger partial charge in [-0.05, 0) is 18.6 Å². The molecule has 110 valence electrons. The Labute approximate surface area is 122 Å². The van der Waals surface area contributed by atoms with E-state index in [0.717, 1.165) is 13.0 Å². The minimum Gasteiger partial charge on any atom is -0.465 e. The Balaban J connectivity index is 2.20. The molecule has 1 aromatic heterocycles. The van der Waals surface area contributed by atoms with Crippen LogP contribution in [0, 0.1) is 0 Å². The molecule has 1 aromatic carbocycles. The largest absolute Gasteiger partial charge is 0.465 e. The number of hydrogen-bond acceptors (Lipinski definition) is 7. The molecule has 0 amide bonds. The lowest BCUT2D eigenvalue weighted by molar-refractivity contribution is 0.0602. The molecule has 1 heterocycles. The molecule has 0 saturated carbocycles. The number of methoxy groups -OCH3 is 1. The maximum atomic E-state index is 11.7. The van der Waals surface area contributed by atoms with Crippen LogP contribution in [0.1, 0.15) is 23.7 Å². The Morgan fingerprint density at radius 2 is 2.14 bits per heavy atom. The molecule has 0 aliphatic heterocycles. The first kappa shape index (κ1) is 14.7. The van der Waals surface area contributed by atoms with E-state index in [2.05, 4.69) is 32.7 Å². The van der Waals surface area contributed by atoms with Crippen LogP contribution < -0.4 is 10.6 Å². The molecule has 7 heteroatoms. The number of para-hydroxylation sites is 1. The van der Waals surface area contributed by atoms with Crippen molar-refractivity contribution >= 4 is 23.4 Å². The van der Waals surface area contributed by atoms with Gasteiger partial charge in [0.05, 0.1) is 24.6 Å². The number of aromatic nitrogens is 3. The summed E-state index contributed by atoms with van der Waals surface area (Å²) in [7, 11) is 1.35. The predicted octanol–water partition coefficient (Wildman–Crippen LogP) is 2.22. The van der Waals surface area contributed by atoms with Crippen LogP contribution in [0.25, 0.3) is 0 Å². The second-order valence-corrected chi connectivity index (χ2v) is 4.25. The molecule has 0 atom stereocenters. The van der Waals surface area contributed by atoms with Crippen molar-refractivity contribution in [2.75, 3.05) is 24.3 Å². The summed E-state index contributed by atoms with van der Waals surface area (Å²) in [5.41, 5.74) is 1.04. The number of rotatable bonds is 6. The number of benzene rings is 1. The third kappa shape index (κ3) is 3.88. The van der Waals surface area contributed by atoms with Gasteiger partial charge in [0.1, 0.15) is 0 Å². The van der Waals surface area contributed by atoms with Crippen molar-refractivity contribution in [1.29, 1.82) is 0 Å². The summed E-state index contributed by atoms with van der Waals surface area (Å²) in [6, 6.07) is 7.04. The Bertz CT molecular complexity index is 618. The van der Waals surface area contributed by atoms with Crippen LogP contribution in [0.4, 0.5) is 17.5 Å². The van der Waals surface area contributed by atoms with Crippen LogP contribution in [0.3, 0.4) is 0 Å². The SMILES string of the molecule is CCCNc1nncc(Nc2ccccc2C(=O)OC)n1. The number of ether oxygens (including phenoxy) is 1. The highest BCUT2D eigenvalue weighted by molar-refractivity contribution is 5.96. The van der Waals surface area contributed by atoms with Crippen LogP contribution in [0.2, 0.25) is 0 Å². The zero-order chi connectivity index (χ0) is 15.1. The van der Waals surface area contributed by atoms with Crippen LogP contribution in [-0.4, -0.2) is 34.8 Å². The minimum atomic E-state index is -0.413. The van der Waals surface area contributed by atoms with E-state index < -0.39 is 5.97 Å². The van der Waals surface area contributed by atoms with Crippen molar-refractivity contribution in [2.24, 2.45) is 0 Å². The second kappa shape index (κ2) is 7.18. The number of carbonyl (C=O) groups excluding carboxylic acids is 1. The lowest BCUT2D eigenvalue weighted by Gasteiger charge is -2.10. The first-order chi connectivity index (χ1) is 10.2. The van der Waals surface area contributed by atoms with E-state index in [4.69, 9.17) is 4.74 Å². The van der Waals surface area contributed by atoms with Gasteiger partial charge in [0.15, 0.2) is 5.82 Å². The van der Waals surface area contributed by atoms with Gasteiger partial charge >= 0.3 is 5.97 Å². The first-order valence-corrected chi connectivity index (χ1v) is 6.62. The van der Waals surface area contributed by atoms with E-state index in [1.165, 1.54) is 13.3 Å². The average Bonchev–Trinajstić information content (AvgIpc) is 2.53. The molecule has 0 aliphatic carbocycles. The lowest BCUT2D eigenvalue weighted by Crippen LogP contribution is -2.09. The third-order valence-corrected chi connectivity index (χ3v) is 2.69. The van der Waals surface area contributed by atoms with Crippen molar-refractivity contribution in [2.45, 2.75) is 13.3 Å². The van der Waals surface area contributed by atoms with Gasteiger partial charge in [-0.1, -0.05) is 19.1 Å². The normalized spacial score (nSPS) is 10.0. The van der Waals surface area contributed by atoms with Crippen molar-refractivity contribution < 1.29 is 9.53 Å². The molecule has 0 spiro atoms. The molecule has 0 unspecified atom stereocenters. The van der Waals surface area contributed by atoms with Crippen LogP contribution in [0.15, 0.2) is 30.5 Å². The zero-order valence-electron chi connectivity index (χ0n) is 12.0. The topological polar surface area (TPSA) is 89.0 Å². The summed E-state index contributed by atoms with van der Waals surface area (Å²) >= 11 is 0. The van der Waals surface area contributed by atoms with Gasteiger partial charge in [-0.3, -0.25) is 0 Å². The molecule has 0 radical (unpaired) electrons. The molecular formula is C14H17N5O2. The van der Waals surface area contributed by atoms with E-state index >= 15 is 0 Å². The maximum absolute atomic E-state index is 11.7. The van der Waals surface area contributed by atoms with Crippen molar-refractivity contribution in [3.63, 3.8) is 0 Å². The summed E-state index contributed by atoms with van der Waals surface area (Å²) in [6.07, 6.45) is 2.46. The highest BCUT2D eigenvalue weighted by atomic mass is 16.5. The summed E-state index contributed by atoms with van der Waals surface area (Å²) in [5, 5.41) is 13.9. The number of anilines is 3. The van der Waals surface area contributed by atoms with Gasteiger partial charge in [-0.2, -0.15) is 10.1 Å². The minimum absolute atomic E-state index is 0.413. The number of carbonyl (C=O) groups is 1. The standard InChI is InChI=1S/C14H17N5O2/c1-3-8-15-14-18-12(9-16-19-14)17-11-7-5-4-6-10(11)13(20)21-2/h4-7,9H,3,8H2,1-2H3,(H2,15,17,18,19). The van der Waals surface area contributed by atoms with Gasteiger partial charge in [0, 0.05) is 6.54 Å². The van der Waals surface area contributed by atoms with Crippen LogP contribution in [-0.2, 0) is 4.74 Å². The highest BCUT2D eigenvalue weighted by Crippen LogP contribution is 2.20.